The summed E-state index contributed by atoms with van der Waals surface area (Å²) in [5, 5.41) is 3.10. The van der Waals surface area contributed by atoms with Crippen molar-refractivity contribution in [2.75, 3.05) is 14.2 Å². The van der Waals surface area contributed by atoms with E-state index in [0.29, 0.717) is 23.3 Å². The highest BCUT2D eigenvalue weighted by atomic mass is 32.1. The predicted octanol–water partition coefficient (Wildman–Crippen LogP) is 4.03. The van der Waals surface area contributed by atoms with E-state index in [1.807, 2.05) is 31.2 Å². The second-order valence-corrected chi connectivity index (χ2v) is 5.69. The second kappa shape index (κ2) is 8.55. The van der Waals surface area contributed by atoms with E-state index in [-0.39, 0.29) is 0 Å². The number of aryl methyl sites for hydroxylation is 2. The number of nitrogens with one attached hydrogen (secondary N) is 1. The van der Waals surface area contributed by atoms with E-state index < -0.39 is 0 Å². The Morgan fingerprint density at radius 1 is 1.12 bits per heavy atom. The molecule has 0 saturated carbocycles. The van der Waals surface area contributed by atoms with Gasteiger partial charge in [-0.1, -0.05) is 25.1 Å². The molecule has 0 spiro atoms. The molecule has 0 amide bonds. The van der Waals surface area contributed by atoms with E-state index in [4.69, 9.17) is 26.4 Å². The molecule has 0 unspecified atom stereocenters. The van der Waals surface area contributed by atoms with Crippen LogP contribution in [-0.4, -0.2) is 19.3 Å². The molecule has 0 aliphatic heterocycles. The Bertz CT molecular complexity index is 716. The van der Waals surface area contributed by atoms with Gasteiger partial charge in [-0.05, 0) is 54.9 Å². The van der Waals surface area contributed by atoms with Crippen LogP contribution in [-0.2, 0) is 13.0 Å². The molecule has 24 heavy (non-hydrogen) atoms. The fourth-order valence-electron chi connectivity index (χ4n) is 2.37. The molecule has 0 bridgehead atoms. The van der Waals surface area contributed by atoms with E-state index in [1.54, 1.807) is 14.2 Å². The van der Waals surface area contributed by atoms with Crippen molar-refractivity contribution < 1.29 is 14.2 Å². The molecule has 0 fully saturated rings. The molecule has 128 valence electrons. The molecule has 0 radical (unpaired) electrons. The largest absolute Gasteiger partial charge is 0.496 e. The fraction of sp³-hybridized carbons (Fsp3) is 0.316. The van der Waals surface area contributed by atoms with Crippen LogP contribution in [0, 0.1) is 6.92 Å². The fourth-order valence-corrected chi connectivity index (χ4v) is 2.46. The van der Waals surface area contributed by atoms with Crippen LogP contribution in [0.2, 0.25) is 0 Å². The number of hydrogen-bond donors (Lipinski definition) is 1. The maximum absolute atomic E-state index is 6.00. The van der Waals surface area contributed by atoms with Gasteiger partial charge in [-0.25, -0.2) is 0 Å². The summed E-state index contributed by atoms with van der Waals surface area (Å²) in [6.45, 7) is 4.51. The number of methoxy groups -OCH3 is 1. The molecule has 2 aromatic rings. The molecule has 5 heteroatoms. The van der Waals surface area contributed by atoms with E-state index in [1.165, 1.54) is 5.56 Å². The van der Waals surface area contributed by atoms with Crippen LogP contribution < -0.4 is 19.5 Å². The average Bonchev–Trinajstić information content (AvgIpc) is 2.60. The highest BCUT2D eigenvalue weighted by molar-refractivity contribution is 7.80. The zero-order valence-corrected chi connectivity index (χ0v) is 15.3. The topological polar surface area (TPSA) is 39.7 Å². The smallest absolute Gasteiger partial charge is 0.261 e. The minimum Gasteiger partial charge on any atom is -0.496 e. The van der Waals surface area contributed by atoms with E-state index >= 15 is 0 Å². The summed E-state index contributed by atoms with van der Waals surface area (Å²) in [5.41, 5.74) is 3.22. The van der Waals surface area contributed by atoms with Gasteiger partial charge in [0.25, 0.3) is 5.17 Å². The molecule has 0 saturated heterocycles. The standard InChI is InChI=1S/C19H23NO3S/c1-5-14-9-10-16(13(2)11-14)22-12-15-17(21-4)7-6-8-18(15)23-19(24)20-3/h6-11H,5,12H2,1-4H3,(H,20,24). The van der Waals surface area contributed by atoms with Crippen LogP contribution >= 0.6 is 12.2 Å². The Morgan fingerprint density at radius 2 is 1.88 bits per heavy atom. The summed E-state index contributed by atoms with van der Waals surface area (Å²) in [7, 11) is 3.34. The highest BCUT2D eigenvalue weighted by Crippen LogP contribution is 2.30. The molecule has 2 rings (SSSR count). The first-order valence-corrected chi connectivity index (χ1v) is 8.27. The van der Waals surface area contributed by atoms with E-state index in [9.17, 15) is 0 Å². The van der Waals surface area contributed by atoms with Crippen molar-refractivity contribution in [2.45, 2.75) is 26.9 Å². The van der Waals surface area contributed by atoms with Crippen molar-refractivity contribution >= 4 is 17.4 Å². The first-order valence-electron chi connectivity index (χ1n) is 7.86. The first kappa shape index (κ1) is 18.1. The third-order valence-corrected chi connectivity index (χ3v) is 4.02. The monoisotopic (exact) mass is 345 g/mol. The van der Waals surface area contributed by atoms with Crippen molar-refractivity contribution in [2.24, 2.45) is 0 Å². The van der Waals surface area contributed by atoms with Gasteiger partial charge in [-0.15, -0.1) is 0 Å². The Balaban J connectivity index is 2.23. The van der Waals surface area contributed by atoms with Crippen LogP contribution in [0.15, 0.2) is 36.4 Å². The Morgan fingerprint density at radius 3 is 2.50 bits per heavy atom. The molecule has 0 aromatic heterocycles. The van der Waals surface area contributed by atoms with Crippen LogP contribution in [0.5, 0.6) is 17.2 Å². The minimum atomic E-state index is 0.299. The van der Waals surface area contributed by atoms with Crippen molar-refractivity contribution in [3.05, 3.63) is 53.1 Å². The average molecular weight is 345 g/mol. The summed E-state index contributed by atoms with van der Waals surface area (Å²) in [5.74, 6) is 2.17. The summed E-state index contributed by atoms with van der Waals surface area (Å²) in [4.78, 5) is 0. The Hall–Kier alpha value is -2.27. The second-order valence-electron chi connectivity index (χ2n) is 5.32. The lowest BCUT2D eigenvalue weighted by Crippen LogP contribution is -2.22. The quantitative estimate of drug-likeness (QED) is 0.801. The maximum Gasteiger partial charge on any atom is 0.261 e. The van der Waals surface area contributed by atoms with Gasteiger partial charge in [0.2, 0.25) is 0 Å². The minimum absolute atomic E-state index is 0.299. The summed E-state index contributed by atoms with van der Waals surface area (Å²) in [6, 6.07) is 11.8. The van der Waals surface area contributed by atoms with Crippen molar-refractivity contribution in [1.29, 1.82) is 0 Å². The van der Waals surface area contributed by atoms with Gasteiger partial charge in [0, 0.05) is 7.05 Å². The summed E-state index contributed by atoms with van der Waals surface area (Å²) in [6.07, 6.45) is 1.01. The van der Waals surface area contributed by atoms with Crippen molar-refractivity contribution in [1.82, 2.24) is 5.32 Å². The number of ether oxygens (including phenoxy) is 3. The van der Waals surface area contributed by atoms with Gasteiger partial charge in [0.1, 0.15) is 23.9 Å². The molecule has 4 nitrogen and oxygen atoms in total. The number of rotatable bonds is 6. The van der Waals surface area contributed by atoms with Crippen LogP contribution in [0.25, 0.3) is 0 Å². The summed E-state index contributed by atoms with van der Waals surface area (Å²) >= 11 is 5.09. The first-order chi connectivity index (χ1) is 11.6. The molecule has 0 heterocycles. The van der Waals surface area contributed by atoms with Crippen LogP contribution in [0.3, 0.4) is 0 Å². The molecular weight excluding hydrogens is 322 g/mol. The Labute approximate surface area is 148 Å². The summed E-state index contributed by atoms with van der Waals surface area (Å²) < 4.78 is 17.1. The van der Waals surface area contributed by atoms with Crippen LogP contribution in [0.4, 0.5) is 0 Å². The van der Waals surface area contributed by atoms with E-state index in [0.717, 1.165) is 23.3 Å². The molecule has 1 N–H and O–H groups in total. The lowest BCUT2D eigenvalue weighted by atomic mass is 10.1. The maximum atomic E-state index is 6.00. The lowest BCUT2D eigenvalue weighted by molar-refractivity contribution is 0.290. The Kier molecular flexibility index (Phi) is 6.44. The van der Waals surface area contributed by atoms with E-state index in [2.05, 4.69) is 24.4 Å². The SMILES string of the molecule is CCc1ccc(OCc2c(OC)cccc2OC(=S)NC)c(C)c1. The molecule has 2 aromatic carbocycles. The highest BCUT2D eigenvalue weighted by Gasteiger charge is 2.13. The van der Waals surface area contributed by atoms with Gasteiger partial charge in [0.05, 0.1) is 12.7 Å². The van der Waals surface area contributed by atoms with Gasteiger partial charge in [-0.3, -0.25) is 0 Å². The normalized spacial score (nSPS) is 10.2. The number of hydrogen-bond acceptors (Lipinski definition) is 4. The predicted molar refractivity (Wildman–Crippen MR) is 100 cm³/mol. The lowest BCUT2D eigenvalue weighted by Gasteiger charge is -2.16. The number of thiocarbonyl (C=S) groups is 1. The van der Waals surface area contributed by atoms with Crippen molar-refractivity contribution in [3.8, 4) is 17.2 Å². The third-order valence-electron chi connectivity index (χ3n) is 3.74. The zero-order valence-electron chi connectivity index (χ0n) is 14.5. The van der Waals surface area contributed by atoms with Gasteiger partial charge in [-0.2, -0.15) is 0 Å². The van der Waals surface area contributed by atoms with Gasteiger partial charge in [0.15, 0.2) is 0 Å². The molecule has 0 aliphatic carbocycles. The molecular formula is C19H23NO3S. The third kappa shape index (κ3) is 4.38. The molecule has 0 atom stereocenters. The van der Waals surface area contributed by atoms with Gasteiger partial charge < -0.3 is 19.5 Å². The zero-order chi connectivity index (χ0) is 17.5. The van der Waals surface area contributed by atoms with Crippen molar-refractivity contribution in [3.63, 3.8) is 0 Å². The number of benzene rings is 2. The van der Waals surface area contributed by atoms with Gasteiger partial charge >= 0.3 is 0 Å². The molecule has 0 aliphatic rings. The van der Waals surface area contributed by atoms with Crippen LogP contribution in [0.1, 0.15) is 23.6 Å².